The molecule has 0 amide bonds. The van der Waals surface area contributed by atoms with Gasteiger partial charge in [-0.05, 0) is 25.7 Å². The summed E-state index contributed by atoms with van der Waals surface area (Å²) < 4.78 is 10.3. The van der Waals surface area contributed by atoms with Gasteiger partial charge in [-0.25, -0.2) is 4.79 Å². The van der Waals surface area contributed by atoms with Crippen molar-refractivity contribution in [2.75, 3.05) is 26.9 Å². The first-order valence-corrected chi connectivity index (χ1v) is 5.73. The van der Waals surface area contributed by atoms with E-state index in [9.17, 15) is 4.79 Å². The second-order valence-electron chi connectivity index (χ2n) is 4.07. The maximum atomic E-state index is 12.0. The molecular formula is C12H21NO3. The summed E-state index contributed by atoms with van der Waals surface area (Å²) in [4.78, 5) is 12.0. The quantitative estimate of drug-likeness (QED) is 0.498. The summed E-state index contributed by atoms with van der Waals surface area (Å²) in [7, 11) is 1.60. The van der Waals surface area contributed by atoms with E-state index in [0.29, 0.717) is 25.7 Å². The van der Waals surface area contributed by atoms with Crippen molar-refractivity contribution in [3.63, 3.8) is 0 Å². The Morgan fingerprint density at radius 3 is 2.75 bits per heavy atom. The zero-order chi connectivity index (χ0) is 12.0. The van der Waals surface area contributed by atoms with E-state index in [1.807, 2.05) is 6.92 Å². The summed E-state index contributed by atoms with van der Waals surface area (Å²) in [6.45, 7) is 6.80. The molecular weight excluding hydrogens is 206 g/mol. The van der Waals surface area contributed by atoms with Gasteiger partial charge in [0.05, 0.1) is 13.2 Å². The van der Waals surface area contributed by atoms with Crippen LogP contribution in [0.3, 0.4) is 0 Å². The second-order valence-corrected chi connectivity index (χ2v) is 4.07. The molecule has 16 heavy (non-hydrogen) atoms. The van der Waals surface area contributed by atoms with E-state index in [2.05, 4.69) is 11.9 Å². The Morgan fingerprint density at radius 2 is 2.31 bits per heavy atom. The summed E-state index contributed by atoms with van der Waals surface area (Å²) in [5.41, 5.74) is -0.682. The fourth-order valence-corrected chi connectivity index (χ4v) is 1.93. The van der Waals surface area contributed by atoms with Gasteiger partial charge in [0, 0.05) is 13.7 Å². The van der Waals surface area contributed by atoms with E-state index >= 15 is 0 Å². The molecule has 1 aliphatic carbocycles. The van der Waals surface area contributed by atoms with Crippen LogP contribution < -0.4 is 5.32 Å². The van der Waals surface area contributed by atoms with E-state index in [1.165, 1.54) is 0 Å². The average molecular weight is 227 g/mol. The third kappa shape index (κ3) is 2.83. The first kappa shape index (κ1) is 13.2. The van der Waals surface area contributed by atoms with Crippen LogP contribution in [0.15, 0.2) is 12.7 Å². The number of methoxy groups -OCH3 is 1. The number of esters is 1. The molecule has 1 atom stereocenters. The number of carbonyl (C=O) groups is 1. The van der Waals surface area contributed by atoms with Gasteiger partial charge in [0.25, 0.3) is 0 Å². The van der Waals surface area contributed by atoms with Crippen molar-refractivity contribution in [3.05, 3.63) is 12.7 Å². The average Bonchev–Trinajstić information content (AvgIpc) is 3.08. The van der Waals surface area contributed by atoms with Crippen molar-refractivity contribution in [1.82, 2.24) is 5.32 Å². The van der Waals surface area contributed by atoms with Gasteiger partial charge in [-0.3, -0.25) is 5.32 Å². The second kappa shape index (κ2) is 6.01. The molecule has 0 saturated heterocycles. The lowest BCUT2D eigenvalue weighted by Gasteiger charge is -2.31. The van der Waals surface area contributed by atoms with Crippen LogP contribution in [0.5, 0.6) is 0 Å². The van der Waals surface area contributed by atoms with Crippen molar-refractivity contribution in [2.45, 2.75) is 25.3 Å². The first-order valence-electron chi connectivity index (χ1n) is 5.73. The van der Waals surface area contributed by atoms with E-state index in [1.54, 1.807) is 13.2 Å². The van der Waals surface area contributed by atoms with Crippen molar-refractivity contribution in [3.8, 4) is 0 Å². The lowest BCUT2D eigenvalue weighted by molar-refractivity contribution is -0.155. The van der Waals surface area contributed by atoms with E-state index in [4.69, 9.17) is 9.47 Å². The van der Waals surface area contributed by atoms with Crippen LogP contribution >= 0.6 is 0 Å². The van der Waals surface area contributed by atoms with Crippen LogP contribution in [0.4, 0.5) is 0 Å². The van der Waals surface area contributed by atoms with Gasteiger partial charge in [0.1, 0.15) is 5.54 Å². The molecule has 1 fully saturated rings. The van der Waals surface area contributed by atoms with Crippen LogP contribution in [0.2, 0.25) is 0 Å². The minimum Gasteiger partial charge on any atom is -0.465 e. The molecule has 0 spiro atoms. The number of nitrogens with one attached hydrogen (secondary N) is 1. The van der Waals surface area contributed by atoms with Gasteiger partial charge < -0.3 is 9.47 Å². The fourth-order valence-electron chi connectivity index (χ4n) is 1.93. The van der Waals surface area contributed by atoms with Gasteiger partial charge in [0.2, 0.25) is 0 Å². The van der Waals surface area contributed by atoms with Gasteiger partial charge in [-0.15, -0.1) is 6.58 Å². The highest BCUT2D eigenvalue weighted by molar-refractivity contribution is 5.82. The minimum absolute atomic E-state index is 0.207. The summed E-state index contributed by atoms with van der Waals surface area (Å²) in [5, 5.41) is 3.21. The normalized spacial score (nSPS) is 18.9. The van der Waals surface area contributed by atoms with Gasteiger partial charge >= 0.3 is 5.97 Å². The lowest BCUT2D eigenvalue weighted by Crippen LogP contribution is -2.58. The maximum Gasteiger partial charge on any atom is 0.329 e. The molecule has 0 aliphatic heterocycles. The molecule has 1 saturated carbocycles. The molecule has 92 valence electrons. The Bertz CT molecular complexity index is 251. The highest BCUT2D eigenvalue weighted by Crippen LogP contribution is 2.40. The lowest BCUT2D eigenvalue weighted by atomic mass is 9.94. The molecule has 0 aromatic carbocycles. The Morgan fingerprint density at radius 1 is 1.62 bits per heavy atom. The minimum atomic E-state index is -0.682. The third-order valence-electron chi connectivity index (χ3n) is 2.85. The number of hydrogen-bond acceptors (Lipinski definition) is 4. The number of ether oxygens (including phenoxy) is 2. The summed E-state index contributed by atoms with van der Waals surface area (Å²) in [5.74, 6) is 0.118. The van der Waals surface area contributed by atoms with E-state index in [-0.39, 0.29) is 5.97 Å². The molecule has 1 rings (SSSR count). The van der Waals surface area contributed by atoms with Crippen molar-refractivity contribution >= 4 is 5.97 Å². The van der Waals surface area contributed by atoms with Gasteiger partial charge in [0.15, 0.2) is 0 Å². The fraction of sp³-hybridized carbons (Fsp3) is 0.750. The van der Waals surface area contributed by atoms with E-state index in [0.717, 1.165) is 12.8 Å². The Kier molecular flexibility index (Phi) is 4.96. The maximum absolute atomic E-state index is 12.0. The zero-order valence-electron chi connectivity index (χ0n) is 10.1. The predicted octanol–water partition coefficient (Wildman–Crippen LogP) is 1.12. The Labute approximate surface area is 97.0 Å². The molecule has 1 aliphatic rings. The molecule has 0 aromatic rings. The van der Waals surface area contributed by atoms with Crippen LogP contribution in [0.25, 0.3) is 0 Å². The molecule has 1 unspecified atom stereocenters. The molecule has 0 heterocycles. The van der Waals surface area contributed by atoms with Crippen molar-refractivity contribution in [2.24, 2.45) is 5.92 Å². The highest BCUT2D eigenvalue weighted by Gasteiger charge is 2.51. The SMILES string of the molecule is C=CCNC(COC)(C(=O)OCC)C1CC1. The number of carbonyl (C=O) groups excluding carboxylic acids is 1. The summed E-state index contributed by atoms with van der Waals surface area (Å²) in [6, 6.07) is 0. The first-order chi connectivity index (χ1) is 7.71. The summed E-state index contributed by atoms with van der Waals surface area (Å²) >= 11 is 0. The van der Waals surface area contributed by atoms with Gasteiger partial charge in [-0.1, -0.05) is 6.08 Å². The predicted molar refractivity (Wildman–Crippen MR) is 62.2 cm³/mol. The van der Waals surface area contributed by atoms with Gasteiger partial charge in [-0.2, -0.15) is 0 Å². The monoisotopic (exact) mass is 227 g/mol. The van der Waals surface area contributed by atoms with Crippen LogP contribution in [-0.4, -0.2) is 38.4 Å². The topological polar surface area (TPSA) is 47.6 Å². The zero-order valence-corrected chi connectivity index (χ0v) is 10.1. The van der Waals surface area contributed by atoms with Crippen molar-refractivity contribution < 1.29 is 14.3 Å². The Balaban J connectivity index is 2.76. The molecule has 1 N–H and O–H groups in total. The van der Waals surface area contributed by atoms with Crippen LogP contribution in [-0.2, 0) is 14.3 Å². The van der Waals surface area contributed by atoms with Crippen LogP contribution in [0.1, 0.15) is 19.8 Å². The molecule has 4 nitrogen and oxygen atoms in total. The summed E-state index contributed by atoms with van der Waals surface area (Å²) in [6.07, 6.45) is 3.84. The van der Waals surface area contributed by atoms with Crippen molar-refractivity contribution in [1.29, 1.82) is 0 Å². The number of rotatable bonds is 8. The molecule has 0 bridgehead atoms. The molecule has 0 radical (unpaired) electrons. The number of hydrogen-bond donors (Lipinski definition) is 1. The van der Waals surface area contributed by atoms with E-state index < -0.39 is 5.54 Å². The third-order valence-corrected chi connectivity index (χ3v) is 2.85. The largest absolute Gasteiger partial charge is 0.465 e. The smallest absolute Gasteiger partial charge is 0.329 e. The molecule has 4 heteroatoms. The Hall–Kier alpha value is -0.870. The van der Waals surface area contributed by atoms with Crippen LogP contribution in [0, 0.1) is 5.92 Å². The standard InChI is InChI=1S/C12H21NO3/c1-4-8-13-12(9-15-3,10-6-7-10)11(14)16-5-2/h4,10,13H,1,5-9H2,2-3H3. The highest BCUT2D eigenvalue weighted by atomic mass is 16.5. The molecule has 0 aromatic heterocycles.